The van der Waals surface area contributed by atoms with E-state index in [2.05, 4.69) is 54.9 Å². The van der Waals surface area contributed by atoms with Crippen molar-refractivity contribution in [2.24, 2.45) is 5.90 Å². The molecule has 0 radical (unpaired) electrons. The quantitative estimate of drug-likeness (QED) is 0.575. The Morgan fingerprint density at radius 3 is 1.75 bits per heavy atom. The van der Waals surface area contributed by atoms with E-state index in [4.69, 9.17) is 15.8 Å². The van der Waals surface area contributed by atoms with E-state index in [1.165, 1.54) is 11.1 Å². The second-order valence-corrected chi connectivity index (χ2v) is 4.66. The lowest BCUT2D eigenvalue weighted by Crippen LogP contribution is -2.21. The van der Waals surface area contributed by atoms with Crippen LogP contribution in [0.1, 0.15) is 16.7 Å². The highest BCUT2D eigenvalue weighted by Crippen LogP contribution is 2.16. The Hall–Kier alpha value is -0.640. The van der Waals surface area contributed by atoms with E-state index >= 15 is 0 Å². The molecule has 3 N–H and O–H groups in total. The summed E-state index contributed by atoms with van der Waals surface area (Å²) in [5.41, 5.74) is 3.59. The first-order valence-electron chi connectivity index (χ1n) is 5.10. The molecule has 0 aliphatic rings. The van der Waals surface area contributed by atoms with E-state index in [0.29, 0.717) is 6.61 Å². The predicted octanol–water partition coefficient (Wildman–Crippen LogP) is 3.50. The van der Waals surface area contributed by atoms with Crippen molar-refractivity contribution in [3.8, 4) is 0 Å². The van der Waals surface area contributed by atoms with Gasteiger partial charge in [-0.3, -0.25) is 4.84 Å². The van der Waals surface area contributed by atoms with Crippen molar-refractivity contribution in [3.63, 3.8) is 0 Å². The van der Waals surface area contributed by atoms with Crippen LogP contribution in [0.5, 0.6) is 0 Å². The van der Waals surface area contributed by atoms with Gasteiger partial charge in [0.1, 0.15) is 0 Å². The molecule has 0 fully saturated rings. The van der Waals surface area contributed by atoms with E-state index in [-0.39, 0.29) is 0 Å². The van der Waals surface area contributed by atoms with Crippen molar-refractivity contribution in [1.82, 2.24) is 0 Å². The van der Waals surface area contributed by atoms with Gasteiger partial charge < -0.3 is 5.11 Å². The first-order valence-corrected chi connectivity index (χ1v) is 7.34. The van der Waals surface area contributed by atoms with E-state index < -0.39 is 12.1 Å². The Bertz CT molecular complexity index is 419. The zero-order valence-corrected chi connectivity index (χ0v) is 13.3. The summed E-state index contributed by atoms with van der Waals surface area (Å²) in [6, 6.07) is 6.30. The summed E-state index contributed by atoms with van der Waals surface area (Å²) < 4.78 is 31.7. The maximum Gasteiger partial charge on any atom is 0.490 e. The summed E-state index contributed by atoms with van der Waals surface area (Å²) in [4.78, 5) is 13.5. The fourth-order valence-corrected chi connectivity index (χ4v) is 1.82. The van der Waals surface area contributed by atoms with Crippen molar-refractivity contribution in [3.05, 3.63) is 34.9 Å². The van der Waals surface area contributed by atoms with Gasteiger partial charge in [-0.05, 0) is 16.7 Å². The molecule has 1 aromatic carbocycles. The van der Waals surface area contributed by atoms with Gasteiger partial charge in [-0.25, -0.2) is 10.7 Å². The average Bonchev–Trinajstić information content (AvgIpc) is 2.38. The molecule has 114 valence electrons. The topological polar surface area (TPSA) is 72.5 Å². The summed E-state index contributed by atoms with van der Waals surface area (Å²) >= 11 is 6.84. The number of carboxylic acid groups (broad SMARTS) is 1. The van der Waals surface area contributed by atoms with E-state index in [9.17, 15) is 13.2 Å². The van der Waals surface area contributed by atoms with Crippen LogP contribution < -0.4 is 5.90 Å². The third-order valence-corrected chi connectivity index (χ3v) is 3.21. The van der Waals surface area contributed by atoms with Gasteiger partial charge in [0.15, 0.2) is 0 Å². The molecule has 0 heterocycles. The lowest BCUT2D eigenvalue weighted by molar-refractivity contribution is -0.192. The molecule has 0 aliphatic carbocycles. The molecule has 4 nitrogen and oxygen atoms in total. The molecule has 9 heteroatoms. The Labute approximate surface area is 130 Å². The van der Waals surface area contributed by atoms with Crippen LogP contribution in [0.4, 0.5) is 13.2 Å². The van der Waals surface area contributed by atoms with Crippen molar-refractivity contribution in [1.29, 1.82) is 0 Å². The van der Waals surface area contributed by atoms with Gasteiger partial charge in [-0.2, -0.15) is 13.2 Å². The number of rotatable bonds is 4. The number of benzene rings is 1. The predicted molar refractivity (Wildman–Crippen MR) is 74.4 cm³/mol. The number of hydrogen-bond acceptors (Lipinski definition) is 3. The second kappa shape index (κ2) is 9.32. The van der Waals surface area contributed by atoms with Crippen LogP contribution in [0.2, 0.25) is 0 Å². The SMILES string of the molecule is NOCc1cc(CBr)cc(CBr)c1.O=C(O)C(F)(F)F. The van der Waals surface area contributed by atoms with Crippen molar-refractivity contribution in [2.45, 2.75) is 23.4 Å². The Morgan fingerprint density at radius 2 is 1.50 bits per heavy atom. The lowest BCUT2D eigenvalue weighted by atomic mass is 10.1. The van der Waals surface area contributed by atoms with Crippen molar-refractivity contribution >= 4 is 37.8 Å². The zero-order chi connectivity index (χ0) is 15.8. The number of aliphatic carboxylic acids is 1. The molecule has 0 aromatic heterocycles. The van der Waals surface area contributed by atoms with Crippen LogP contribution in [-0.2, 0) is 26.9 Å². The molecule has 0 bridgehead atoms. The van der Waals surface area contributed by atoms with Crippen LogP contribution >= 0.6 is 31.9 Å². The van der Waals surface area contributed by atoms with Gasteiger partial charge in [0.2, 0.25) is 0 Å². The molecular formula is C11H12Br2F3NO3. The Kier molecular flexibility index (Phi) is 9.03. The molecule has 0 amide bonds. The minimum Gasteiger partial charge on any atom is -0.475 e. The van der Waals surface area contributed by atoms with Crippen LogP contribution in [0, 0.1) is 0 Å². The van der Waals surface area contributed by atoms with Gasteiger partial charge in [0.05, 0.1) is 6.61 Å². The molecule has 0 aliphatic heterocycles. The van der Waals surface area contributed by atoms with Crippen LogP contribution in [0.25, 0.3) is 0 Å². The van der Waals surface area contributed by atoms with E-state index in [1.807, 2.05) is 0 Å². The lowest BCUT2D eigenvalue weighted by Gasteiger charge is -2.05. The number of carboxylic acids is 1. The van der Waals surface area contributed by atoms with Gasteiger partial charge in [0.25, 0.3) is 0 Å². The number of carbonyl (C=O) groups is 1. The van der Waals surface area contributed by atoms with Gasteiger partial charge >= 0.3 is 12.1 Å². The maximum atomic E-state index is 10.6. The highest BCUT2D eigenvalue weighted by atomic mass is 79.9. The fourth-order valence-electron chi connectivity index (χ4n) is 1.17. The minimum absolute atomic E-state index is 0.459. The standard InChI is InChI=1S/C9H11Br2NO.C2HF3O2/c10-4-7-1-8(5-11)3-9(2-7)6-13-12;3-2(4,5)1(6)7/h1-3H,4-6,12H2;(H,6,7). The number of alkyl halides is 5. The summed E-state index contributed by atoms with van der Waals surface area (Å²) in [5, 5.41) is 8.83. The third-order valence-electron chi connectivity index (χ3n) is 1.91. The normalized spacial score (nSPS) is 10.7. The van der Waals surface area contributed by atoms with Crippen molar-refractivity contribution in [2.75, 3.05) is 0 Å². The third kappa shape index (κ3) is 7.83. The van der Waals surface area contributed by atoms with Crippen LogP contribution in [0.3, 0.4) is 0 Å². The molecule has 0 saturated heterocycles. The molecule has 0 unspecified atom stereocenters. The van der Waals surface area contributed by atoms with Gasteiger partial charge in [-0.1, -0.05) is 50.1 Å². The molecule has 0 spiro atoms. The molecule has 20 heavy (non-hydrogen) atoms. The summed E-state index contributed by atoms with van der Waals surface area (Å²) in [5.74, 6) is 2.26. The second-order valence-electron chi connectivity index (χ2n) is 3.54. The monoisotopic (exact) mass is 421 g/mol. The first kappa shape index (κ1) is 19.4. The molecular weight excluding hydrogens is 411 g/mol. The zero-order valence-electron chi connectivity index (χ0n) is 10.1. The van der Waals surface area contributed by atoms with Gasteiger partial charge in [-0.15, -0.1) is 0 Å². The van der Waals surface area contributed by atoms with Crippen LogP contribution in [-0.4, -0.2) is 17.3 Å². The van der Waals surface area contributed by atoms with Crippen molar-refractivity contribution < 1.29 is 27.9 Å². The largest absolute Gasteiger partial charge is 0.490 e. The molecule has 0 saturated carbocycles. The average molecular weight is 423 g/mol. The maximum absolute atomic E-state index is 10.6. The summed E-state index contributed by atoms with van der Waals surface area (Å²) in [7, 11) is 0. The smallest absolute Gasteiger partial charge is 0.475 e. The summed E-state index contributed by atoms with van der Waals surface area (Å²) in [6.07, 6.45) is -5.08. The highest BCUT2D eigenvalue weighted by molar-refractivity contribution is 9.08. The number of hydrogen-bond donors (Lipinski definition) is 2. The molecule has 1 rings (SSSR count). The van der Waals surface area contributed by atoms with E-state index in [1.54, 1.807) is 0 Å². The fraction of sp³-hybridized carbons (Fsp3) is 0.364. The highest BCUT2D eigenvalue weighted by Gasteiger charge is 2.38. The van der Waals surface area contributed by atoms with Crippen LogP contribution in [0.15, 0.2) is 18.2 Å². The molecule has 1 aromatic rings. The van der Waals surface area contributed by atoms with Gasteiger partial charge in [0, 0.05) is 10.7 Å². The first-order chi connectivity index (χ1) is 9.24. The number of halogens is 5. The Morgan fingerprint density at radius 1 is 1.15 bits per heavy atom. The number of nitrogens with two attached hydrogens (primary N) is 1. The summed E-state index contributed by atoms with van der Waals surface area (Å²) in [6.45, 7) is 0.459. The minimum atomic E-state index is -5.08. The van der Waals surface area contributed by atoms with E-state index in [0.717, 1.165) is 16.2 Å². The Balaban J connectivity index is 0.000000441. The molecule has 0 atom stereocenters.